The van der Waals surface area contributed by atoms with Crippen LogP contribution >= 0.6 is 11.5 Å². The van der Waals surface area contributed by atoms with Crippen molar-refractivity contribution in [3.63, 3.8) is 0 Å². The molecule has 98 valence electrons. The summed E-state index contributed by atoms with van der Waals surface area (Å²) >= 11 is 1.41. The smallest absolute Gasteiger partial charge is 0.173 e. The molecular weight excluding hydrogens is 248 g/mol. The van der Waals surface area contributed by atoms with E-state index in [0.717, 1.165) is 10.1 Å². The van der Waals surface area contributed by atoms with Crippen molar-refractivity contribution < 1.29 is 9.84 Å². The molecule has 0 saturated heterocycles. The number of nitrogens with two attached hydrogens (primary N) is 1. The van der Waals surface area contributed by atoms with E-state index in [2.05, 4.69) is 4.37 Å². The fourth-order valence-electron chi connectivity index (χ4n) is 1.81. The molecule has 18 heavy (non-hydrogen) atoms. The Kier molecular flexibility index (Phi) is 4.16. The predicted octanol–water partition coefficient (Wildman–Crippen LogP) is 2.37. The molecule has 2 atom stereocenters. The minimum absolute atomic E-state index is 0.383. The quantitative estimate of drug-likeness (QED) is 0.815. The van der Waals surface area contributed by atoms with Crippen LogP contribution in [0.15, 0.2) is 24.4 Å². The number of aliphatic hydroxyl groups excluding tert-OH is 1. The van der Waals surface area contributed by atoms with Gasteiger partial charge in [0.25, 0.3) is 0 Å². The van der Waals surface area contributed by atoms with Crippen LogP contribution in [0.1, 0.15) is 20.3 Å². The van der Waals surface area contributed by atoms with E-state index in [9.17, 15) is 5.11 Å². The van der Waals surface area contributed by atoms with E-state index >= 15 is 0 Å². The van der Waals surface area contributed by atoms with E-state index in [1.54, 1.807) is 6.20 Å². The van der Waals surface area contributed by atoms with Crippen molar-refractivity contribution >= 4 is 21.6 Å². The maximum absolute atomic E-state index is 9.91. The molecule has 0 fully saturated rings. The van der Waals surface area contributed by atoms with E-state index in [-0.39, 0.29) is 0 Å². The van der Waals surface area contributed by atoms with Crippen LogP contribution in [0.3, 0.4) is 0 Å². The number of hydrogen-bond acceptors (Lipinski definition) is 5. The predicted molar refractivity (Wildman–Crippen MR) is 73.7 cm³/mol. The van der Waals surface area contributed by atoms with Crippen LogP contribution in [-0.2, 0) is 0 Å². The van der Waals surface area contributed by atoms with Crippen LogP contribution in [0, 0.1) is 5.92 Å². The Morgan fingerprint density at radius 1 is 1.44 bits per heavy atom. The van der Waals surface area contributed by atoms with Crippen molar-refractivity contribution in [2.24, 2.45) is 11.7 Å². The molecule has 0 bridgehead atoms. The first-order valence-corrected chi connectivity index (χ1v) is 6.79. The van der Waals surface area contributed by atoms with E-state index in [1.165, 1.54) is 11.5 Å². The summed E-state index contributed by atoms with van der Waals surface area (Å²) < 4.78 is 10.8. The molecule has 5 heteroatoms. The summed E-state index contributed by atoms with van der Waals surface area (Å²) in [5.41, 5.74) is 5.87. The lowest BCUT2D eigenvalue weighted by atomic mass is 10.1. The molecule has 1 aromatic heterocycles. The van der Waals surface area contributed by atoms with Crippen molar-refractivity contribution in [2.45, 2.75) is 32.6 Å². The van der Waals surface area contributed by atoms with Gasteiger partial charge in [-0.15, -0.1) is 0 Å². The second-order valence-corrected chi connectivity index (χ2v) is 5.61. The molecule has 1 aromatic carbocycles. The van der Waals surface area contributed by atoms with Crippen LogP contribution in [0.5, 0.6) is 5.75 Å². The number of nitrogens with zero attached hydrogens (tertiary/aromatic N) is 1. The van der Waals surface area contributed by atoms with Gasteiger partial charge in [0.05, 0.1) is 16.3 Å². The van der Waals surface area contributed by atoms with Gasteiger partial charge in [-0.3, -0.25) is 5.73 Å². The third-order valence-electron chi connectivity index (χ3n) is 2.71. The Balaban J connectivity index is 2.11. The van der Waals surface area contributed by atoms with E-state index in [1.807, 2.05) is 32.0 Å². The molecule has 0 amide bonds. The Morgan fingerprint density at radius 3 is 2.94 bits per heavy atom. The summed E-state index contributed by atoms with van der Waals surface area (Å²) in [4.78, 5) is 0. The summed E-state index contributed by atoms with van der Waals surface area (Å²) in [7, 11) is 0. The van der Waals surface area contributed by atoms with Crippen molar-refractivity contribution in [2.75, 3.05) is 0 Å². The fraction of sp³-hybridized carbons (Fsp3) is 0.462. The number of aliphatic hydroxyl groups is 1. The second-order valence-electron chi connectivity index (χ2n) is 4.77. The molecule has 2 aromatic rings. The van der Waals surface area contributed by atoms with Gasteiger partial charge < -0.3 is 9.84 Å². The van der Waals surface area contributed by atoms with Gasteiger partial charge in [-0.25, -0.2) is 0 Å². The van der Waals surface area contributed by atoms with Crippen molar-refractivity contribution in [1.82, 2.24) is 4.37 Å². The number of aromatic nitrogens is 1. The number of ether oxygens (including phenoxy) is 1. The summed E-state index contributed by atoms with van der Waals surface area (Å²) in [6.45, 7) is 4.08. The van der Waals surface area contributed by atoms with Gasteiger partial charge in [-0.05, 0) is 36.0 Å². The minimum atomic E-state index is -0.710. The van der Waals surface area contributed by atoms with Crippen LogP contribution in [0.2, 0.25) is 0 Å². The summed E-state index contributed by atoms with van der Waals surface area (Å²) in [5.74, 6) is 1.06. The topological polar surface area (TPSA) is 68.4 Å². The zero-order valence-electron chi connectivity index (χ0n) is 10.5. The third kappa shape index (κ3) is 2.98. The Hall–Kier alpha value is -1.17. The zero-order valence-corrected chi connectivity index (χ0v) is 11.4. The standard InChI is InChI=1S/C13H18N2O2S/c1-8(2)6-10(16)13(14)17-11-4-3-5-12-9(11)7-15-18-12/h3-5,7-8,10,13,16H,6,14H2,1-2H3. The largest absolute Gasteiger partial charge is 0.472 e. The lowest BCUT2D eigenvalue weighted by Crippen LogP contribution is -2.40. The molecule has 0 saturated carbocycles. The lowest BCUT2D eigenvalue weighted by Gasteiger charge is -2.21. The van der Waals surface area contributed by atoms with E-state index in [0.29, 0.717) is 18.1 Å². The summed E-state index contributed by atoms with van der Waals surface area (Å²) in [5, 5.41) is 10.8. The van der Waals surface area contributed by atoms with Crippen molar-refractivity contribution in [3.8, 4) is 5.75 Å². The first-order chi connectivity index (χ1) is 8.58. The van der Waals surface area contributed by atoms with Gasteiger partial charge in [-0.1, -0.05) is 19.9 Å². The maximum atomic E-state index is 9.91. The van der Waals surface area contributed by atoms with E-state index < -0.39 is 12.3 Å². The van der Waals surface area contributed by atoms with Gasteiger partial charge in [-0.2, -0.15) is 4.37 Å². The molecule has 0 radical (unpaired) electrons. The third-order valence-corrected chi connectivity index (χ3v) is 3.48. The highest BCUT2D eigenvalue weighted by atomic mass is 32.1. The van der Waals surface area contributed by atoms with Gasteiger partial charge in [0, 0.05) is 0 Å². The molecule has 0 spiro atoms. The molecule has 2 unspecified atom stereocenters. The Bertz CT molecular complexity index is 512. The first-order valence-electron chi connectivity index (χ1n) is 6.01. The molecule has 4 nitrogen and oxygen atoms in total. The van der Waals surface area contributed by atoms with E-state index in [4.69, 9.17) is 10.5 Å². The number of benzene rings is 1. The maximum Gasteiger partial charge on any atom is 0.173 e. The normalized spacial score (nSPS) is 14.9. The van der Waals surface area contributed by atoms with Gasteiger partial charge in [0.1, 0.15) is 11.9 Å². The monoisotopic (exact) mass is 266 g/mol. The van der Waals surface area contributed by atoms with Crippen LogP contribution in [-0.4, -0.2) is 21.8 Å². The highest BCUT2D eigenvalue weighted by molar-refractivity contribution is 7.13. The molecule has 2 rings (SSSR count). The molecule has 3 N–H and O–H groups in total. The minimum Gasteiger partial charge on any atom is -0.472 e. The highest BCUT2D eigenvalue weighted by Gasteiger charge is 2.18. The molecule has 0 aliphatic heterocycles. The summed E-state index contributed by atoms with van der Waals surface area (Å²) in [6, 6.07) is 5.73. The van der Waals surface area contributed by atoms with Crippen molar-refractivity contribution in [1.29, 1.82) is 0 Å². The highest BCUT2D eigenvalue weighted by Crippen LogP contribution is 2.28. The average Bonchev–Trinajstić information content (AvgIpc) is 2.77. The summed E-state index contributed by atoms with van der Waals surface area (Å²) in [6.07, 6.45) is 1.01. The Morgan fingerprint density at radius 2 is 2.22 bits per heavy atom. The number of fused-ring (bicyclic) bond motifs is 1. The zero-order chi connectivity index (χ0) is 13.1. The number of hydrogen-bond donors (Lipinski definition) is 2. The molecule has 1 heterocycles. The van der Waals surface area contributed by atoms with Gasteiger partial charge >= 0.3 is 0 Å². The number of rotatable bonds is 5. The van der Waals surface area contributed by atoms with Gasteiger partial charge in [0.2, 0.25) is 0 Å². The van der Waals surface area contributed by atoms with Crippen LogP contribution in [0.25, 0.3) is 10.1 Å². The average molecular weight is 266 g/mol. The first kappa shape index (κ1) is 13.3. The molecule has 0 aliphatic rings. The molecule has 0 aliphatic carbocycles. The Labute approximate surface area is 111 Å². The molecular formula is C13H18N2O2S. The van der Waals surface area contributed by atoms with Crippen LogP contribution in [0.4, 0.5) is 0 Å². The van der Waals surface area contributed by atoms with Gasteiger partial charge in [0.15, 0.2) is 6.23 Å². The van der Waals surface area contributed by atoms with Crippen molar-refractivity contribution in [3.05, 3.63) is 24.4 Å². The fourth-order valence-corrected chi connectivity index (χ4v) is 2.47. The second kappa shape index (κ2) is 5.65. The van der Waals surface area contributed by atoms with Crippen LogP contribution < -0.4 is 10.5 Å². The SMILES string of the molecule is CC(C)CC(O)C(N)Oc1cccc2sncc12. The lowest BCUT2D eigenvalue weighted by molar-refractivity contribution is 0.0277.